The van der Waals surface area contributed by atoms with Gasteiger partial charge in [0.2, 0.25) is 0 Å². The Bertz CT molecular complexity index is 336. The fourth-order valence-electron chi connectivity index (χ4n) is 1.21. The molecule has 1 nitrogen and oxygen atoms in total. The zero-order chi connectivity index (χ0) is 10.2. The zero-order valence-electron chi connectivity index (χ0n) is 7.96. The maximum Gasteiger partial charge on any atom is 0.104 e. The molecule has 0 unspecified atom stereocenters. The Morgan fingerprint density at radius 3 is 2.71 bits per heavy atom. The topological polar surface area (TPSA) is 20.2 Å². The van der Waals surface area contributed by atoms with Crippen LogP contribution in [0, 0.1) is 11.8 Å². The third kappa shape index (κ3) is 3.83. The van der Waals surface area contributed by atoms with E-state index < -0.39 is 0 Å². The van der Waals surface area contributed by atoms with Crippen LogP contribution in [-0.4, -0.2) is 11.7 Å². The molecule has 0 atom stereocenters. The highest BCUT2D eigenvalue weighted by Gasteiger charge is 1.96. The molecule has 0 aliphatic heterocycles. The first kappa shape index (κ1) is 11.1. The van der Waals surface area contributed by atoms with Gasteiger partial charge in [-0.1, -0.05) is 35.7 Å². The Kier molecular flexibility index (Phi) is 5.14. The zero-order valence-corrected chi connectivity index (χ0v) is 8.72. The molecule has 0 heterocycles. The predicted molar refractivity (Wildman–Crippen MR) is 59.3 cm³/mol. The summed E-state index contributed by atoms with van der Waals surface area (Å²) in [5.74, 6) is 5.50. The fraction of sp³-hybridized carbons (Fsp3) is 0.333. The Labute approximate surface area is 89.7 Å². The number of halogens is 1. The van der Waals surface area contributed by atoms with Crippen molar-refractivity contribution >= 4 is 11.6 Å². The number of aliphatic hydroxyl groups excluding tert-OH is 1. The molecule has 0 amide bonds. The van der Waals surface area contributed by atoms with Gasteiger partial charge in [0.15, 0.2) is 0 Å². The first-order valence-electron chi connectivity index (χ1n) is 4.64. The van der Waals surface area contributed by atoms with Crippen LogP contribution in [0.1, 0.15) is 18.4 Å². The minimum Gasteiger partial charge on any atom is -0.384 e. The van der Waals surface area contributed by atoms with Crippen LogP contribution in [0.2, 0.25) is 5.02 Å². The van der Waals surface area contributed by atoms with E-state index in [-0.39, 0.29) is 6.61 Å². The highest BCUT2D eigenvalue weighted by Crippen LogP contribution is 2.16. The van der Waals surface area contributed by atoms with Crippen LogP contribution in [0.25, 0.3) is 0 Å². The van der Waals surface area contributed by atoms with Crippen LogP contribution in [0.4, 0.5) is 0 Å². The predicted octanol–water partition coefficient (Wildman–Crippen LogP) is 2.66. The second kappa shape index (κ2) is 6.48. The number of hydrogen-bond acceptors (Lipinski definition) is 1. The van der Waals surface area contributed by atoms with Crippen molar-refractivity contribution in [3.63, 3.8) is 0 Å². The highest BCUT2D eigenvalue weighted by molar-refractivity contribution is 6.31. The molecule has 0 saturated heterocycles. The molecular weight excluding hydrogens is 196 g/mol. The van der Waals surface area contributed by atoms with E-state index in [0.717, 1.165) is 24.3 Å². The number of aryl methyl sites for hydroxylation is 1. The van der Waals surface area contributed by atoms with Crippen LogP contribution in [0.5, 0.6) is 0 Å². The van der Waals surface area contributed by atoms with Crippen LogP contribution in [0.15, 0.2) is 24.3 Å². The SMILES string of the molecule is OCC#CCCCc1ccccc1Cl. The third-order valence-corrected chi connectivity index (χ3v) is 2.28. The highest BCUT2D eigenvalue weighted by atomic mass is 35.5. The van der Waals surface area contributed by atoms with Crippen molar-refractivity contribution in [2.24, 2.45) is 0 Å². The fourth-order valence-corrected chi connectivity index (χ4v) is 1.44. The summed E-state index contributed by atoms with van der Waals surface area (Å²) in [6.07, 6.45) is 2.74. The van der Waals surface area contributed by atoms with E-state index in [4.69, 9.17) is 16.7 Å². The molecule has 1 rings (SSSR count). The molecule has 0 spiro atoms. The number of aliphatic hydroxyl groups is 1. The molecule has 1 aromatic rings. The van der Waals surface area contributed by atoms with Crippen LogP contribution >= 0.6 is 11.6 Å². The largest absolute Gasteiger partial charge is 0.384 e. The third-order valence-electron chi connectivity index (χ3n) is 1.91. The monoisotopic (exact) mass is 208 g/mol. The summed E-state index contributed by atoms with van der Waals surface area (Å²) in [5.41, 5.74) is 1.17. The molecule has 0 aromatic heterocycles. The summed E-state index contributed by atoms with van der Waals surface area (Å²) in [6, 6.07) is 7.84. The molecule has 0 saturated carbocycles. The van der Waals surface area contributed by atoms with Crippen molar-refractivity contribution in [3.8, 4) is 11.8 Å². The van der Waals surface area contributed by atoms with Gasteiger partial charge in [0.25, 0.3) is 0 Å². The van der Waals surface area contributed by atoms with Gasteiger partial charge in [-0.2, -0.15) is 0 Å². The molecule has 1 aromatic carbocycles. The maximum absolute atomic E-state index is 8.43. The average molecular weight is 209 g/mol. The van der Waals surface area contributed by atoms with E-state index in [1.54, 1.807) is 0 Å². The van der Waals surface area contributed by atoms with E-state index in [2.05, 4.69) is 11.8 Å². The summed E-state index contributed by atoms with van der Waals surface area (Å²) >= 11 is 5.99. The van der Waals surface area contributed by atoms with Crippen molar-refractivity contribution in [1.82, 2.24) is 0 Å². The number of hydrogen-bond donors (Lipinski definition) is 1. The Morgan fingerprint density at radius 2 is 2.00 bits per heavy atom. The van der Waals surface area contributed by atoms with Gasteiger partial charge in [0, 0.05) is 11.4 Å². The molecule has 0 fully saturated rings. The summed E-state index contributed by atoms with van der Waals surface area (Å²) < 4.78 is 0. The Hall–Kier alpha value is -0.970. The molecule has 1 N–H and O–H groups in total. The quantitative estimate of drug-likeness (QED) is 0.598. The number of benzene rings is 1. The van der Waals surface area contributed by atoms with Gasteiger partial charge in [0.05, 0.1) is 0 Å². The number of rotatable bonds is 3. The normalized spacial score (nSPS) is 9.29. The molecule has 74 valence electrons. The number of unbranched alkanes of at least 4 members (excludes halogenated alkanes) is 1. The van der Waals surface area contributed by atoms with E-state index >= 15 is 0 Å². The van der Waals surface area contributed by atoms with Gasteiger partial charge in [0.1, 0.15) is 6.61 Å². The molecule has 0 bridgehead atoms. The van der Waals surface area contributed by atoms with Crippen molar-refractivity contribution in [2.45, 2.75) is 19.3 Å². The maximum atomic E-state index is 8.43. The summed E-state index contributed by atoms with van der Waals surface area (Å²) in [4.78, 5) is 0. The standard InChI is InChI=1S/C12H13ClO/c13-12-9-5-4-8-11(12)7-3-1-2-6-10-14/h4-5,8-9,14H,1,3,7,10H2. The van der Waals surface area contributed by atoms with Gasteiger partial charge in [-0.25, -0.2) is 0 Å². The molecular formula is C12H13ClO. The lowest BCUT2D eigenvalue weighted by atomic mass is 10.1. The molecule has 0 aliphatic rings. The van der Waals surface area contributed by atoms with E-state index in [1.807, 2.05) is 24.3 Å². The first-order chi connectivity index (χ1) is 6.84. The summed E-state index contributed by atoms with van der Waals surface area (Å²) in [6.45, 7) is -0.0495. The Morgan fingerprint density at radius 1 is 1.21 bits per heavy atom. The van der Waals surface area contributed by atoms with Gasteiger partial charge >= 0.3 is 0 Å². The van der Waals surface area contributed by atoms with Gasteiger partial charge in [-0.15, -0.1) is 5.92 Å². The molecule has 2 heteroatoms. The second-order valence-electron chi connectivity index (χ2n) is 2.96. The minimum atomic E-state index is -0.0495. The van der Waals surface area contributed by atoms with Crippen molar-refractivity contribution in [2.75, 3.05) is 6.61 Å². The van der Waals surface area contributed by atoms with Crippen molar-refractivity contribution < 1.29 is 5.11 Å². The van der Waals surface area contributed by atoms with E-state index in [0.29, 0.717) is 0 Å². The van der Waals surface area contributed by atoms with Crippen LogP contribution in [-0.2, 0) is 6.42 Å². The molecule has 0 aliphatic carbocycles. The lowest BCUT2D eigenvalue weighted by Gasteiger charge is -2.00. The summed E-state index contributed by atoms with van der Waals surface area (Å²) in [7, 11) is 0. The van der Waals surface area contributed by atoms with E-state index in [1.165, 1.54) is 5.56 Å². The second-order valence-corrected chi connectivity index (χ2v) is 3.36. The molecule has 14 heavy (non-hydrogen) atoms. The lowest BCUT2D eigenvalue weighted by Crippen LogP contribution is -1.85. The Balaban J connectivity index is 2.35. The van der Waals surface area contributed by atoms with Crippen molar-refractivity contribution in [3.05, 3.63) is 34.9 Å². The first-order valence-corrected chi connectivity index (χ1v) is 5.02. The summed E-state index contributed by atoms with van der Waals surface area (Å²) in [5, 5.41) is 9.25. The van der Waals surface area contributed by atoms with Gasteiger partial charge < -0.3 is 5.11 Å². The van der Waals surface area contributed by atoms with Crippen LogP contribution < -0.4 is 0 Å². The smallest absolute Gasteiger partial charge is 0.104 e. The molecule has 0 radical (unpaired) electrons. The minimum absolute atomic E-state index is 0.0495. The van der Waals surface area contributed by atoms with Gasteiger partial charge in [-0.3, -0.25) is 0 Å². The lowest BCUT2D eigenvalue weighted by molar-refractivity contribution is 0.350. The van der Waals surface area contributed by atoms with Gasteiger partial charge in [-0.05, 0) is 24.5 Å². The van der Waals surface area contributed by atoms with E-state index in [9.17, 15) is 0 Å². The van der Waals surface area contributed by atoms with Crippen LogP contribution in [0.3, 0.4) is 0 Å². The van der Waals surface area contributed by atoms with Crippen molar-refractivity contribution in [1.29, 1.82) is 0 Å². The average Bonchev–Trinajstić information content (AvgIpc) is 2.20.